The van der Waals surface area contributed by atoms with E-state index < -0.39 is 11.2 Å². The first-order valence-corrected chi connectivity index (χ1v) is 7.92. The Hall–Kier alpha value is -3.56. The molecule has 134 valence electrons. The number of amides is 1. The van der Waals surface area contributed by atoms with E-state index in [0.29, 0.717) is 24.6 Å². The molecule has 3 heterocycles. The van der Waals surface area contributed by atoms with Crippen molar-refractivity contribution >= 4 is 5.91 Å². The van der Waals surface area contributed by atoms with Crippen molar-refractivity contribution in [3.05, 3.63) is 63.0 Å². The van der Waals surface area contributed by atoms with Crippen molar-refractivity contribution in [2.24, 2.45) is 0 Å². The second-order valence-electron chi connectivity index (χ2n) is 5.48. The summed E-state index contributed by atoms with van der Waals surface area (Å²) < 4.78 is 5.16. The fourth-order valence-corrected chi connectivity index (χ4v) is 2.23. The predicted octanol–water partition coefficient (Wildman–Crippen LogP) is 0.147. The molecular weight excluding hydrogens is 340 g/mol. The molecule has 0 aromatic carbocycles. The Morgan fingerprint density at radius 2 is 2.04 bits per heavy atom. The van der Waals surface area contributed by atoms with Crippen molar-refractivity contribution < 1.29 is 9.32 Å². The van der Waals surface area contributed by atoms with Gasteiger partial charge < -0.3 is 14.8 Å². The highest BCUT2D eigenvalue weighted by molar-refractivity contribution is 5.75. The molecule has 10 heteroatoms. The minimum absolute atomic E-state index is 0.0394. The number of rotatable bonds is 7. The number of pyridine rings is 1. The monoisotopic (exact) mass is 356 g/mol. The van der Waals surface area contributed by atoms with E-state index in [1.54, 1.807) is 24.5 Å². The molecule has 0 aliphatic heterocycles. The largest absolute Gasteiger partial charge is 0.352 e. The molecule has 1 amide bonds. The SMILES string of the molecule is O=C(CCCc1nc(-c2ccncc2)no1)NCc1c[nH]c(=O)[nH]c1=O. The van der Waals surface area contributed by atoms with Gasteiger partial charge in [0.15, 0.2) is 0 Å². The Morgan fingerprint density at radius 3 is 2.81 bits per heavy atom. The van der Waals surface area contributed by atoms with Gasteiger partial charge in [-0.1, -0.05) is 5.16 Å². The fraction of sp³-hybridized carbons (Fsp3) is 0.250. The molecule has 0 aliphatic carbocycles. The molecule has 3 aromatic rings. The number of nitrogens with zero attached hydrogens (tertiary/aromatic N) is 3. The Kier molecular flexibility index (Phi) is 5.32. The average molecular weight is 356 g/mol. The van der Waals surface area contributed by atoms with Crippen LogP contribution in [0.2, 0.25) is 0 Å². The molecule has 0 spiro atoms. The van der Waals surface area contributed by atoms with Crippen molar-refractivity contribution in [1.29, 1.82) is 0 Å². The van der Waals surface area contributed by atoms with E-state index in [0.717, 1.165) is 5.56 Å². The van der Waals surface area contributed by atoms with Crippen LogP contribution in [0.1, 0.15) is 24.3 Å². The summed E-state index contributed by atoms with van der Waals surface area (Å²) in [5.41, 5.74) is -0.0324. The summed E-state index contributed by atoms with van der Waals surface area (Å²) >= 11 is 0. The second-order valence-corrected chi connectivity index (χ2v) is 5.48. The molecule has 0 atom stereocenters. The first-order chi connectivity index (χ1) is 12.6. The molecule has 0 fully saturated rings. The Balaban J connectivity index is 1.45. The zero-order valence-electron chi connectivity index (χ0n) is 13.7. The van der Waals surface area contributed by atoms with E-state index in [9.17, 15) is 14.4 Å². The summed E-state index contributed by atoms with van der Waals surface area (Å²) in [6.45, 7) is 0.0394. The van der Waals surface area contributed by atoms with Crippen molar-refractivity contribution in [2.75, 3.05) is 0 Å². The van der Waals surface area contributed by atoms with E-state index in [4.69, 9.17) is 4.52 Å². The standard InChI is InChI=1S/C16H16N6O4/c23-12(18-8-11-9-19-16(25)21-15(11)24)2-1-3-13-20-14(22-26-13)10-4-6-17-7-5-10/h4-7,9H,1-3,8H2,(H,18,23)(H2,19,21,24,25). The number of aromatic amines is 2. The van der Waals surface area contributed by atoms with Crippen molar-refractivity contribution in [2.45, 2.75) is 25.8 Å². The molecule has 0 saturated heterocycles. The highest BCUT2D eigenvalue weighted by atomic mass is 16.5. The van der Waals surface area contributed by atoms with Gasteiger partial charge in [-0.3, -0.25) is 19.6 Å². The minimum Gasteiger partial charge on any atom is -0.352 e. The summed E-state index contributed by atoms with van der Waals surface area (Å²) in [5, 5.41) is 6.52. The van der Waals surface area contributed by atoms with Crippen LogP contribution in [0.5, 0.6) is 0 Å². The lowest BCUT2D eigenvalue weighted by atomic mass is 10.2. The van der Waals surface area contributed by atoms with Gasteiger partial charge >= 0.3 is 5.69 Å². The Morgan fingerprint density at radius 1 is 1.23 bits per heavy atom. The second kappa shape index (κ2) is 8.01. The normalized spacial score (nSPS) is 10.6. The van der Waals surface area contributed by atoms with E-state index in [1.807, 2.05) is 0 Å². The molecule has 0 bridgehead atoms. The number of carbonyl (C=O) groups excluding carboxylic acids is 1. The number of aryl methyl sites for hydroxylation is 1. The van der Waals surface area contributed by atoms with Crippen LogP contribution >= 0.6 is 0 Å². The predicted molar refractivity (Wildman–Crippen MR) is 90.0 cm³/mol. The molecular formula is C16H16N6O4. The maximum Gasteiger partial charge on any atom is 0.325 e. The van der Waals surface area contributed by atoms with Crippen molar-refractivity contribution in [1.82, 2.24) is 30.4 Å². The minimum atomic E-state index is -0.587. The lowest BCUT2D eigenvalue weighted by Crippen LogP contribution is -2.30. The number of nitrogens with one attached hydrogen (secondary N) is 3. The van der Waals surface area contributed by atoms with Gasteiger partial charge in [-0.15, -0.1) is 0 Å². The number of carbonyl (C=O) groups is 1. The number of H-pyrrole nitrogens is 2. The Bertz CT molecular complexity index is 991. The smallest absolute Gasteiger partial charge is 0.325 e. The molecule has 3 aromatic heterocycles. The van der Waals surface area contributed by atoms with E-state index >= 15 is 0 Å². The van der Waals surface area contributed by atoms with Crippen LogP contribution < -0.4 is 16.6 Å². The first kappa shape index (κ1) is 17.3. The van der Waals surface area contributed by atoms with Gasteiger partial charge in [-0.2, -0.15) is 4.98 Å². The average Bonchev–Trinajstić information content (AvgIpc) is 3.11. The van der Waals surface area contributed by atoms with Crippen molar-refractivity contribution in [3.8, 4) is 11.4 Å². The quantitative estimate of drug-likeness (QED) is 0.546. The van der Waals surface area contributed by atoms with Crippen LogP contribution in [0.15, 0.2) is 44.8 Å². The van der Waals surface area contributed by atoms with Crippen molar-refractivity contribution in [3.63, 3.8) is 0 Å². The lowest BCUT2D eigenvalue weighted by molar-refractivity contribution is -0.121. The third-order valence-electron chi connectivity index (χ3n) is 3.57. The summed E-state index contributed by atoms with van der Waals surface area (Å²) in [6.07, 6.45) is 5.79. The van der Waals surface area contributed by atoms with Gasteiger partial charge in [-0.05, 0) is 18.6 Å². The van der Waals surface area contributed by atoms with Gasteiger partial charge in [0, 0.05) is 43.5 Å². The molecule has 3 N–H and O–H groups in total. The maximum atomic E-state index is 11.8. The third-order valence-corrected chi connectivity index (χ3v) is 3.57. The van der Waals surface area contributed by atoms with E-state index in [-0.39, 0.29) is 24.4 Å². The third kappa shape index (κ3) is 4.50. The molecule has 0 radical (unpaired) electrons. The first-order valence-electron chi connectivity index (χ1n) is 7.92. The summed E-state index contributed by atoms with van der Waals surface area (Å²) in [4.78, 5) is 46.9. The topological polar surface area (TPSA) is 147 Å². The number of hydrogen-bond donors (Lipinski definition) is 3. The highest BCUT2D eigenvalue weighted by Crippen LogP contribution is 2.14. The van der Waals surface area contributed by atoms with Crippen LogP contribution in [-0.4, -0.2) is 31.0 Å². The molecule has 0 saturated carbocycles. The van der Waals surface area contributed by atoms with Gasteiger partial charge in [0.2, 0.25) is 17.6 Å². The zero-order valence-corrected chi connectivity index (χ0v) is 13.7. The Labute approximate surface area is 146 Å². The van der Waals surface area contributed by atoms with Crippen LogP contribution in [0, 0.1) is 0 Å². The molecule has 3 rings (SSSR count). The van der Waals surface area contributed by atoms with Gasteiger partial charge in [0.05, 0.1) is 5.56 Å². The van der Waals surface area contributed by atoms with Crippen LogP contribution in [-0.2, 0) is 17.8 Å². The van der Waals surface area contributed by atoms with Gasteiger partial charge in [-0.25, -0.2) is 4.79 Å². The van der Waals surface area contributed by atoms with Crippen LogP contribution in [0.3, 0.4) is 0 Å². The summed E-state index contributed by atoms with van der Waals surface area (Å²) in [6, 6.07) is 3.56. The lowest BCUT2D eigenvalue weighted by Gasteiger charge is -2.03. The van der Waals surface area contributed by atoms with E-state index in [2.05, 4.69) is 30.4 Å². The molecule has 0 aliphatic rings. The fourth-order valence-electron chi connectivity index (χ4n) is 2.23. The summed E-state index contributed by atoms with van der Waals surface area (Å²) in [5.74, 6) is 0.704. The number of hydrogen-bond acceptors (Lipinski definition) is 7. The highest BCUT2D eigenvalue weighted by Gasteiger charge is 2.10. The van der Waals surface area contributed by atoms with Gasteiger partial charge in [0.1, 0.15) is 0 Å². The molecule has 0 unspecified atom stereocenters. The van der Waals surface area contributed by atoms with E-state index in [1.165, 1.54) is 6.20 Å². The molecule has 10 nitrogen and oxygen atoms in total. The van der Waals surface area contributed by atoms with Crippen LogP contribution in [0.4, 0.5) is 0 Å². The van der Waals surface area contributed by atoms with Gasteiger partial charge in [0.25, 0.3) is 5.56 Å². The summed E-state index contributed by atoms with van der Waals surface area (Å²) in [7, 11) is 0. The molecule has 26 heavy (non-hydrogen) atoms. The number of aromatic nitrogens is 5. The zero-order chi connectivity index (χ0) is 18.4. The maximum absolute atomic E-state index is 11.8. The van der Waals surface area contributed by atoms with Crippen LogP contribution in [0.25, 0.3) is 11.4 Å².